The smallest absolute Gasteiger partial charge is 0.379 e. The van der Waals surface area contributed by atoms with Crippen molar-refractivity contribution >= 4 is 17.3 Å². The van der Waals surface area contributed by atoms with Gasteiger partial charge in [0.2, 0.25) is 5.91 Å². The fourth-order valence-corrected chi connectivity index (χ4v) is 2.76. The lowest BCUT2D eigenvalue weighted by atomic mass is 10.00. The molecule has 1 heterocycles. The van der Waals surface area contributed by atoms with E-state index < -0.39 is 22.4 Å². The van der Waals surface area contributed by atoms with Gasteiger partial charge in [0, 0.05) is 25.6 Å². The number of rotatable bonds is 7. The average molecular weight is 374 g/mol. The molecule has 1 fully saturated rings. The molecule has 0 spiro atoms. The molecule has 0 aromatic heterocycles. The third-order valence-electron chi connectivity index (χ3n) is 4.18. The summed E-state index contributed by atoms with van der Waals surface area (Å²) in [6, 6.07) is 2.26. The van der Waals surface area contributed by atoms with E-state index in [2.05, 4.69) is 16.0 Å². The largest absolute Gasteiger partial charge is 0.416 e. The predicted molar refractivity (Wildman–Crippen MR) is 89.8 cm³/mol. The molecular weight excluding hydrogens is 353 g/mol. The molecule has 144 valence electrons. The first-order valence-corrected chi connectivity index (χ1v) is 8.34. The van der Waals surface area contributed by atoms with Crippen LogP contribution in [0.4, 0.5) is 24.5 Å². The maximum absolute atomic E-state index is 12.7. The average Bonchev–Trinajstić information content (AvgIpc) is 2.60. The molecule has 1 aromatic rings. The lowest BCUT2D eigenvalue weighted by Crippen LogP contribution is -2.38. The van der Waals surface area contributed by atoms with Crippen LogP contribution in [0.1, 0.15) is 24.8 Å². The number of amides is 1. The van der Waals surface area contributed by atoms with Gasteiger partial charge in [-0.2, -0.15) is 13.2 Å². The predicted octanol–water partition coefficient (Wildman–Crippen LogP) is 2.53. The second-order valence-electron chi connectivity index (χ2n) is 6.18. The molecule has 0 bridgehead atoms. The summed E-state index contributed by atoms with van der Waals surface area (Å²) in [5.74, 6) is 0.175. The van der Waals surface area contributed by atoms with E-state index in [9.17, 15) is 28.1 Å². The van der Waals surface area contributed by atoms with E-state index in [-0.39, 0.29) is 24.6 Å². The number of nitro groups is 1. The Morgan fingerprint density at radius 2 is 2.15 bits per heavy atom. The summed E-state index contributed by atoms with van der Waals surface area (Å²) < 4.78 is 38.0. The lowest BCUT2D eigenvalue weighted by molar-refractivity contribution is -0.384. The van der Waals surface area contributed by atoms with Gasteiger partial charge in [-0.3, -0.25) is 14.9 Å². The van der Waals surface area contributed by atoms with Crippen LogP contribution in [0.5, 0.6) is 0 Å². The summed E-state index contributed by atoms with van der Waals surface area (Å²) in [6.45, 7) is 2.49. The van der Waals surface area contributed by atoms with E-state index in [0.717, 1.165) is 38.1 Å². The number of nitrogens with zero attached hydrogens (tertiary/aromatic N) is 1. The molecule has 7 nitrogen and oxygen atoms in total. The number of carbonyl (C=O) groups is 1. The maximum Gasteiger partial charge on any atom is 0.416 e. The number of piperidine rings is 1. The minimum Gasteiger partial charge on any atom is -0.379 e. The van der Waals surface area contributed by atoms with Crippen molar-refractivity contribution in [1.29, 1.82) is 0 Å². The summed E-state index contributed by atoms with van der Waals surface area (Å²) >= 11 is 0. The Morgan fingerprint density at radius 1 is 1.38 bits per heavy atom. The minimum atomic E-state index is -4.66. The van der Waals surface area contributed by atoms with E-state index in [0.29, 0.717) is 18.5 Å². The van der Waals surface area contributed by atoms with Crippen molar-refractivity contribution in [1.82, 2.24) is 10.6 Å². The van der Waals surface area contributed by atoms with Crippen LogP contribution in [-0.2, 0) is 11.0 Å². The molecule has 3 N–H and O–H groups in total. The SMILES string of the molecule is O=C(CCNc1ccc(C(F)(F)F)cc1[N+](=O)[O-])NCC1CCCNC1. The highest BCUT2D eigenvalue weighted by atomic mass is 19.4. The topological polar surface area (TPSA) is 96.3 Å². The Balaban J connectivity index is 1.84. The normalized spacial score (nSPS) is 17.6. The van der Waals surface area contributed by atoms with Gasteiger partial charge in [-0.15, -0.1) is 0 Å². The zero-order valence-electron chi connectivity index (χ0n) is 14.1. The molecule has 0 aliphatic carbocycles. The number of hydrogen-bond acceptors (Lipinski definition) is 5. The maximum atomic E-state index is 12.7. The molecule has 10 heteroatoms. The van der Waals surface area contributed by atoms with Crippen molar-refractivity contribution in [3.8, 4) is 0 Å². The van der Waals surface area contributed by atoms with Crippen LogP contribution in [0, 0.1) is 16.0 Å². The van der Waals surface area contributed by atoms with Crippen LogP contribution >= 0.6 is 0 Å². The molecule has 1 atom stereocenters. The molecule has 0 radical (unpaired) electrons. The highest BCUT2D eigenvalue weighted by Crippen LogP contribution is 2.34. The highest BCUT2D eigenvalue weighted by molar-refractivity contribution is 5.76. The molecule has 1 aliphatic heterocycles. The van der Waals surface area contributed by atoms with Gasteiger partial charge < -0.3 is 16.0 Å². The van der Waals surface area contributed by atoms with Crippen molar-refractivity contribution < 1.29 is 22.9 Å². The van der Waals surface area contributed by atoms with Crippen LogP contribution < -0.4 is 16.0 Å². The number of hydrogen-bond donors (Lipinski definition) is 3. The Bertz CT molecular complexity index is 646. The summed E-state index contributed by atoms with van der Waals surface area (Å²) in [6.07, 6.45) is -2.47. The zero-order valence-corrected chi connectivity index (χ0v) is 14.1. The van der Waals surface area contributed by atoms with Gasteiger partial charge in [0.25, 0.3) is 5.69 Å². The first kappa shape index (κ1) is 20.0. The zero-order chi connectivity index (χ0) is 19.2. The van der Waals surface area contributed by atoms with Gasteiger partial charge in [-0.05, 0) is 44.0 Å². The molecular formula is C16H21F3N4O3. The number of benzene rings is 1. The van der Waals surface area contributed by atoms with Gasteiger partial charge in [0.05, 0.1) is 10.5 Å². The summed E-state index contributed by atoms with van der Waals surface area (Å²) in [5.41, 5.74) is -1.81. The summed E-state index contributed by atoms with van der Waals surface area (Å²) in [7, 11) is 0. The molecule has 0 saturated carbocycles. The van der Waals surface area contributed by atoms with E-state index in [4.69, 9.17) is 0 Å². The lowest BCUT2D eigenvalue weighted by Gasteiger charge is -2.22. The second kappa shape index (κ2) is 8.84. The molecule has 1 aliphatic rings. The first-order valence-electron chi connectivity index (χ1n) is 8.34. The van der Waals surface area contributed by atoms with Crippen LogP contribution in [-0.4, -0.2) is 37.0 Å². The molecule has 26 heavy (non-hydrogen) atoms. The summed E-state index contributed by atoms with van der Waals surface area (Å²) in [4.78, 5) is 21.9. The minimum absolute atomic E-state index is 0.0488. The van der Waals surface area contributed by atoms with E-state index in [1.165, 1.54) is 0 Å². The van der Waals surface area contributed by atoms with Gasteiger partial charge in [-0.1, -0.05) is 0 Å². The number of anilines is 1. The Hall–Kier alpha value is -2.36. The van der Waals surface area contributed by atoms with Crippen molar-refractivity contribution in [3.63, 3.8) is 0 Å². The van der Waals surface area contributed by atoms with Crippen molar-refractivity contribution in [3.05, 3.63) is 33.9 Å². The third kappa shape index (κ3) is 5.87. The van der Waals surface area contributed by atoms with Crippen LogP contribution in [0.2, 0.25) is 0 Å². The van der Waals surface area contributed by atoms with Gasteiger partial charge in [0.1, 0.15) is 5.69 Å². The van der Waals surface area contributed by atoms with Crippen molar-refractivity contribution in [2.24, 2.45) is 5.92 Å². The van der Waals surface area contributed by atoms with Gasteiger partial charge in [-0.25, -0.2) is 0 Å². The second-order valence-corrected chi connectivity index (χ2v) is 6.18. The third-order valence-corrected chi connectivity index (χ3v) is 4.18. The molecule has 1 aromatic carbocycles. The van der Waals surface area contributed by atoms with Crippen LogP contribution in [0.25, 0.3) is 0 Å². The number of halogens is 3. The fraction of sp³-hybridized carbons (Fsp3) is 0.562. The first-order chi connectivity index (χ1) is 12.3. The molecule has 1 unspecified atom stereocenters. The number of nitrogens with one attached hydrogen (secondary N) is 3. The van der Waals surface area contributed by atoms with Crippen molar-refractivity contribution in [2.75, 3.05) is 31.5 Å². The fourth-order valence-electron chi connectivity index (χ4n) is 2.76. The number of alkyl halides is 3. The van der Waals surface area contributed by atoms with Crippen LogP contribution in [0.3, 0.4) is 0 Å². The monoisotopic (exact) mass is 374 g/mol. The van der Waals surface area contributed by atoms with E-state index in [1.54, 1.807) is 0 Å². The van der Waals surface area contributed by atoms with E-state index in [1.807, 2.05) is 0 Å². The standard InChI is InChI=1S/C16H21F3N4O3/c17-16(18,19)12-3-4-13(14(8-12)23(25)26)21-7-5-15(24)22-10-11-2-1-6-20-9-11/h3-4,8,11,20-21H,1-2,5-7,9-10H2,(H,22,24). The molecule has 1 amide bonds. The Kier molecular flexibility index (Phi) is 6.78. The molecule has 2 rings (SSSR count). The van der Waals surface area contributed by atoms with Crippen molar-refractivity contribution in [2.45, 2.75) is 25.4 Å². The van der Waals surface area contributed by atoms with Gasteiger partial charge >= 0.3 is 6.18 Å². The number of carbonyl (C=O) groups excluding carboxylic acids is 1. The quantitative estimate of drug-likeness (QED) is 0.503. The number of nitro benzene ring substituents is 1. The summed E-state index contributed by atoms with van der Waals surface area (Å²) in [5, 5.41) is 19.7. The van der Waals surface area contributed by atoms with Gasteiger partial charge in [0.15, 0.2) is 0 Å². The van der Waals surface area contributed by atoms with Crippen LogP contribution in [0.15, 0.2) is 18.2 Å². The highest BCUT2D eigenvalue weighted by Gasteiger charge is 2.33. The Labute approximate surface area is 148 Å². The molecule has 1 saturated heterocycles. The van der Waals surface area contributed by atoms with E-state index >= 15 is 0 Å². The Morgan fingerprint density at radius 3 is 2.77 bits per heavy atom.